The average molecular weight is 612 g/mol. The van der Waals surface area contributed by atoms with Crippen molar-refractivity contribution in [2.24, 2.45) is 11.5 Å². The standard InChI is InChI=1S/C32H61N5O6/c1-4-5-6-7-8-9-10-11-12-13-14-15-16-21-30(40)36-26(19-17-18-20-29(33)34)25(3)43-28(23-38)32(42)37-27(31(35)41)22-24(2)39/h25-28,38H,4-23H2,1-3H3,(H3,33,34)(H2,35,41)(H,36,40)(H,37,42). The van der Waals surface area contributed by atoms with Gasteiger partial charge in [0.05, 0.1) is 24.6 Å². The molecule has 0 fully saturated rings. The van der Waals surface area contributed by atoms with Crippen LogP contribution in [0.1, 0.15) is 143 Å². The molecule has 0 heterocycles. The van der Waals surface area contributed by atoms with Crippen molar-refractivity contribution < 1.29 is 29.0 Å². The summed E-state index contributed by atoms with van der Waals surface area (Å²) in [6.45, 7) is 4.57. The summed E-state index contributed by atoms with van der Waals surface area (Å²) >= 11 is 0. The molecule has 8 N–H and O–H groups in total. The van der Waals surface area contributed by atoms with Crippen molar-refractivity contribution in [3.8, 4) is 0 Å². The van der Waals surface area contributed by atoms with Crippen LogP contribution in [0.25, 0.3) is 0 Å². The molecular formula is C32H61N5O6. The van der Waals surface area contributed by atoms with Crippen LogP contribution in [0.15, 0.2) is 0 Å². The molecule has 43 heavy (non-hydrogen) atoms. The van der Waals surface area contributed by atoms with E-state index in [0.717, 1.165) is 19.3 Å². The number of nitrogens with two attached hydrogens (primary N) is 2. The van der Waals surface area contributed by atoms with Crippen molar-refractivity contribution in [3.63, 3.8) is 0 Å². The SMILES string of the molecule is CCCCCCCCCCCCCCCC(=O)NC(CCCCC(=N)N)C(C)OC(CO)C(=O)NC(CC(C)=O)C(N)=O. The van der Waals surface area contributed by atoms with Gasteiger partial charge in [0.1, 0.15) is 11.8 Å². The number of hydrogen-bond acceptors (Lipinski definition) is 7. The number of aliphatic hydroxyl groups is 1. The fourth-order valence-corrected chi connectivity index (χ4v) is 5.00. The Hall–Kier alpha value is -2.53. The number of hydrogen-bond donors (Lipinski definition) is 6. The molecule has 11 heteroatoms. The molecule has 0 bridgehead atoms. The normalized spacial score (nSPS) is 14.0. The lowest BCUT2D eigenvalue weighted by molar-refractivity contribution is -0.144. The smallest absolute Gasteiger partial charge is 0.252 e. The Morgan fingerprint density at radius 1 is 0.791 bits per heavy atom. The highest BCUT2D eigenvalue weighted by atomic mass is 16.5. The summed E-state index contributed by atoms with van der Waals surface area (Å²) in [7, 11) is 0. The van der Waals surface area contributed by atoms with Crippen LogP contribution in [0.5, 0.6) is 0 Å². The molecule has 0 rings (SSSR count). The Morgan fingerprint density at radius 2 is 1.30 bits per heavy atom. The summed E-state index contributed by atoms with van der Waals surface area (Å²) in [5.74, 6) is -1.96. The van der Waals surface area contributed by atoms with E-state index in [1.807, 2.05) is 0 Å². The molecule has 0 aromatic heterocycles. The number of unbranched alkanes of at least 4 members (excludes halogenated alkanes) is 13. The fraction of sp³-hybridized carbons (Fsp3) is 0.844. The van der Waals surface area contributed by atoms with E-state index in [1.165, 1.54) is 71.1 Å². The van der Waals surface area contributed by atoms with Gasteiger partial charge in [-0.25, -0.2) is 0 Å². The Balaban J connectivity index is 4.70. The molecule has 0 aliphatic carbocycles. The first-order valence-electron chi connectivity index (χ1n) is 16.5. The molecule has 0 aliphatic rings. The summed E-state index contributed by atoms with van der Waals surface area (Å²) in [6, 6.07) is -1.65. The maximum absolute atomic E-state index is 12.8. The quantitative estimate of drug-likeness (QED) is 0.0414. The van der Waals surface area contributed by atoms with Crippen LogP contribution in [-0.2, 0) is 23.9 Å². The van der Waals surface area contributed by atoms with Gasteiger partial charge in [0.2, 0.25) is 11.8 Å². The van der Waals surface area contributed by atoms with Gasteiger partial charge in [-0.3, -0.25) is 24.6 Å². The minimum Gasteiger partial charge on any atom is -0.393 e. The number of ether oxygens (including phenoxy) is 1. The van der Waals surface area contributed by atoms with E-state index < -0.39 is 42.7 Å². The molecule has 11 nitrogen and oxygen atoms in total. The predicted octanol–water partition coefficient (Wildman–Crippen LogP) is 4.16. The molecule has 0 spiro atoms. The molecule has 0 radical (unpaired) electrons. The number of rotatable bonds is 29. The Labute approximate surface area is 259 Å². The highest BCUT2D eigenvalue weighted by Gasteiger charge is 2.29. The highest BCUT2D eigenvalue weighted by molar-refractivity contribution is 5.92. The third-order valence-electron chi connectivity index (χ3n) is 7.62. The minimum absolute atomic E-state index is 0.0962. The number of carbonyl (C=O) groups is 4. The molecule has 250 valence electrons. The Kier molecular flexibility index (Phi) is 24.4. The second kappa shape index (κ2) is 25.9. The number of primary amides is 1. The van der Waals surface area contributed by atoms with Gasteiger partial charge in [-0.1, -0.05) is 90.4 Å². The lowest BCUT2D eigenvalue weighted by Crippen LogP contribution is -2.52. The first kappa shape index (κ1) is 40.5. The number of ketones is 1. The number of aliphatic hydroxyl groups excluding tert-OH is 1. The van der Waals surface area contributed by atoms with E-state index in [1.54, 1.807) is 6.92 Å². The lowest BCUT2D eigenvalue weighted by Gasteiger charge is -2.29. The molecule has 0 aromatic rings. The van der Waals surface area contributed by atoms with Gasteiger partial charge in [-0.15, -0.1) is 0 Å². The van der Waals surface area contributed by atoms with Gasteiger partial charge in [-0.05, 0) is 33.1 Å². The fourth-order valence-electron chi connectivity index (χ4n) is 5.00. The van der Waals surface area contributed by atoms with Crippen LogP contribution >= 0.6 is 0 Å². The number of carbonyl (C=O) groups excluding carboxylic acids is 4. The van der Waals surface area contributed by atoms with Crippen molar-refractivity contribution in [2.45, 2.75) is 167 Å². The van der Waals surface area contributed by atoms with E-state index in [-0.39, 0.29) is 23.9 Å². The lowest BCUT2D eigenvalue weighted by atomic mass is 10.0. The molecular weight excluding hydrogens is 550 g/mol. The zero-order chi connectivity index (χ0) is 32.5. The number of nitrogens with one attached hydrogen (secondary N) is 3. The zero-order valence-corrected chi connectivity index (χ0v) is 27.1. The summed E-state index contributed by atoms with van der Waals surface area (Å²) in [5, 5.41) is 22.6. The second-order valence-corrected chi connectivity index (χ2v) is 11.8. The number of amides is 3. The molecule has 0 aromatic carbocycles. The van der Waals surface area contributed by atoms with E-state index in [9.17, 15) is 24.3 Å². The average Bonchev–Trinajstić information content (AvgIpc) is 2.94. The van der Waals surface area contributed by atoms with Gasteiger partial charge in [0.15, 0.2) is 6.10 Å². The zero-order valence-electron chi connectivity index (χ0n) is 27.1. The first-order chi connectivity index (χ1) is 20.5. The van der Waals surface area contributed by atoms with Crippen molar-refractivity contribution in [3.05, 3.63) is 0 Å². The second-order valence-electron chi connectivity index (χ2n) is 11.8. The van der Waals surface area contributed by atoms with Crippen molar-refractivity contribution in [1.82, 2.24) is 10.6 Å². The van der Waals surface area contributed by atoms with E-state index in [4.69, 9.17) is 21.6 Å². The van der Waals surface area contributed by atoms with Crippen LogP contribution in [0, 0.1) is 5.41 Å². The Bertz CT molecular complexity index is 809. The summed E-state index contributed by atoms with van der Waals surface area (Å²) in [5.41, 5.74) is 10.8. The van der Waals surface area contributed by atoms with Gasteiger partial charge >= 0.3 is 0 Å². The molecule has 3 amide bonds. The molecule has 4 atom stereocenters. The predicted molar refractivity (Wildman–Crippen MR) is 170 cm³/mol. The van der Waals surface area contributed by atoms with Gasteiger partial charge in [0, 0.05) is 19.3 Å². The van der Waals surface area contributed by atoms with Gasteiger partial charge < -0.3 is 31.9 Å². The summed E-state index contributed by atoms with van der Waals surface area (Å²) < 4.78 is 5.83. The van der Waals surface area contributed by atoms with Gasteiger partial charge in [0.25, 0.3) is 5.91 Å². The van der Waals surface area contributed by atoms with Crippen molar-refractivity contribution >= 4 is 29.3 Å². The van der Waals surface area contributed by atoms with E-state index in [2.05, 4.69) is 17.6 Å². The van der Waals surface area contributed by atoms with Crippen molar-refractivity contribution in [2.75, 3.05) is 6.61 Å². The van der Waals surface area contributed by atoms with Crippen LogP contribution in [0.2, 0.25) is 0 Å². The van der Waals surface area contributed by atoms with E-state index in [0.29, 0.717) is 32.1 Å². The first-order valence-corrected chi connectivity index (χ1v) is 16.5. The van der Waals surface area contributed by atoms with Crippen LogP contribution in [0.3, 0.4) is 0 Å². The molecule has 0 saturated carbocycles. The number of Topliss-reactive ketones (excluding diaryl/α,β-unsaturated/α-hetero) is 1. The summed E-state index contributed by atoms with van der Waals surface area (Å²) in [6.07, 6.45) is 16.5. The van der Waals surface area contributed by atoms with Crippen molar-refractivity contribution in [1.29, 1.82) is 5.41 Å². The third-order valence-corrected chi connectivity index (χ3v) is 7.62. The molecule has 0 aliphatic heterocycles. The molecule has 0 saturated heterocycles. The van der Waals surface area contributed by atoms with Crippen LogP contribution in [-0.4, -0.2) is 65.3 Å². The highest BCUT2D eigenvalue weighted by Crippen LogP contribution is 2.15. The van der Waals surface area contributed by atoms with Crippen LogP contribution in [0.4, 0.5) is 0 Å². The maximum Gasteiger partial charge on any atom is 0.252 e. The third kappa shape index (κ3) is 22.6. The Morgan fingerprint density at radius 3 is 1.77 bits per heavy atom. The topological polar surface area (TPSA) is 198 Å². The van der Waals surface area contributed by atoms with Gasteiger partial charge in [-0.2, -0.15) is 0 Å². The molecule has 4 unspecified atom stereocenters. The van der Waals surface area contributed by atoms with E-state index >= 15 is 0 Å². The monoisotopic (exact) mass is 611 g/mol. The maximum atomic E-state index is 12.8. The number of amidine groups is 1. The minimum atomic E-state index is -1.32. The summed E-state index contributed by atoms with van der Waals surface area (Å²) in [4.78, 5) is 48.5. The largest absolute Gasteiger partial charge is 0.393 e. The van der Waals surface area contributed by atoms with Crippen LogP contribution < -0.4 is 22.1 Å².